The first kappa shape index (κ1) is 13.3. The highest BCUT2D eigenvalue weighted by atomic mass is 32.1. The fourth-order valence-electron chi connectivity index (χ4n) is 2.26. The summed E-state index contributed by atoms with van der Waals surface area (Å²) in [7, 11) is 0. The van der Waals surface area contributed by atoms with Gasteiger partial charge in [0.05, 0.1) is 6.04 Å². The van der Waals surface area contributed by atoms with Gasteiger partial charge in [0.2, 0.25) is 0 Å². The molecule has 2 nitrogen and oxygen atoms in total. The highest BCUT2D eigenvalue weighted by Gasteiger charge is 2.16. The monoisotopic (exact) mass is 260 g/mol. The van der Waals surface area contributed by atoms with E-state index in [0.717, 1.165) is 0 Å². The Bertz CT molecular complexity index is 518. The smallest absolute Gasteiger partial charge is 0.0802 e. The van der Waals surface area contributed by atoms with Gasteiger partial charge in [0.1, 0.15) is 0 Å². The van der Waals surface area contributed by atoms with Crippen LogP contribution in [0.25, 0.3) is 0 Å². The van der Waals surface area contributed by atoms with Crippen LogP contribution < -0.4 is 11.3 Å². The molecule has 1 aromatic carbocycles. The van der Waals surface area contributed by atoms with Crippen LogP contribution in [0, 0.1) is 27.7 Å². The highest BCUT2D eigenvalue weighted by molar-refractivity contribution is 7.12. The second-order valence-electron chi connectivity index (χ2n) is 4.91. The molecular weight excluding hydrogens is 240 g/mol. The summed E-state index contributed by atoms with van der Waals surface area (Å²) in [5, 5.41) is 0. The molecule has 0 aliphatic heterocycles. The molecule has 0 amide bonds. The van der Waals surface area contributed by atoms with Crippen LogP contribution in [0.3, 0.4) is 0 Å². The van der Waals surface area contributed by atoms with E-state index in [2.05, 4.69) is 57.4 Å². The largest absolute Gasteiger partial charge is 0.271 e. The number of rotatable bonds is 3. The van der Waals surface area contributed by atoms with Crippen molar-refractivity contribution in [2.75, 3.05) is 0 Å². The Kier molecular flexibility index (Phi) is 3.85. The molecule has 0 bridgehead atoms. The summed E-state index contributed by atoms with van der Waals surface area (Å²) < 4.78 is 0. The lowest BCUT2D eigenvalue weighted by atomic mass is 10.0. The molecule has 3 heteroatoms. The zero-order valence-electron chi connectivity index (χ0n) is 11.4. The summed E-state index contributed by atoms with van der Waals surface area (Å²) in [5.74, 6) is 5.75. The van der Waals surface area contributed by atoms with Crippen LogP contribution in [0.2, 0.25) is 0 Å². The molecular formula is C15H20N2S. The van der Waals surface area contributed by atoms with Gasteiger partial charge in [-0.2, -0.15) is 0 Å². The van der Waals surface area contributed by atoms with Crippen LogP contribution in [0.4, 0.5) is 0 Å². The maximum atomic E-state index is 5.75. The zero-order valence-corrected chi connectivity index (χ0v) is 12.2. The van der Waals surface area contributed by atoms with Crippen molar-refractivity contribution < 1.29 is 0 Å². The molecule has 1 aromatic heterocycles. The minimum Gasteiger partial charge on any atom is -0.271 e. The number of nitrogens with one attached hydrogen (secondary N) is 1. The average molecular weight is 260 g/mol. The molecule has 1 heterocycles. The third-order valence-corrected chi connectivity index (χ3v) is 4.43. The molecule has 3 N–H and O–H groups in total. The Morgan fingerprint density at radius 3 is 2.06 bits per heavy atom. The van der Waals surface area contributed by atoms with Crippen LogP contribution in [0.1, 0.15) is 38.0 Å². The van der Waals surface area contributed by atoms with Gasteiger partial charge in [-0.3, -0.25) is 5.84 Å². The average Bonchev–Trinajstić information content (AvgIpc) is 2.58. The van der Waals surface area contributed by atoms with Crippen LogP contribution >= 0.6 is 11.3 Å². The molecule has 0 spiro atoms. The normalized spacial score (nSPS) is 12.7. The first-order valence-corrected chi connectivity index (χ1v) is 6.94. The van der Waals surface area contributed by atoms with Crippen molar-refractivity contribution >= 4 is 11.3 Å². The summed E-state index contributed by atoms with van der Waals surface area (Å²) >= 11 is 1.81. The molecule has 0 fully saturated rings. The summed E-state index contributed by atoms with van der Waals surface area (Å²) in [6.07, 6.45) is 0. The Morgan fingerprint density at radius 1 is 1.00 bits per heavy atom. The van der Waals surface area contributed by atoms with Crippen LogP contribution in [0.5, 0.6) is 0 Å². The van der Waals surface area contributed by atoms with Crippen molar-refractivity contribution in [2.45, 2.75) is 33.7 Å². The molecule has 1 unspecified atom stereocenters. The summed E-state index contributed by atoms with van der Waals surface area (Å²) in [6, 6.07) is 8.88. The van der Waals surface area contributed by atoms with Gasteiger partial charge < -0.3 is 0 Å². The van der Waals surface area contributed by atoms with Gasteiger partial charge in [0.25, 0.3) is 0 Å². The summed E-state index contributed by atoms with van der Waals surface area (Å²) in [6.45, 7) is 8.53. The Balaban J connectivity index is 2.44. The molecule has 18 heavy (non-hydrogen) atoms. The Hall–Kier alpha value is -1.16. The third kappa shape index (κ3) is 2.64. The van der Waals surface area contributed by atoms with Gasteiger partial charge >= 0.3 is 0 Å². The zero-order chi connectivity index (χ0) is 13.3. The molecule has 0 aliphatic carbocycles. The third-order valence-electron chi connectivity index (χ3n) is 3.21. The van der Waals surface area contributed by atoms with E-state index in [1.54, 1.807) is 0 Å². The summed E-state index contributed by atoms with van der Waals surface area (Å²) in [5.41, 5.74) is 8.05. The molecule has 96 valence electrons. The van der Waals surface area contributed by atoms with E-state index in [1.165, 1.54) is 32.0 Å². The Morgan fingerprint density at radius 2 is 1.61 bits per heavy atom. The second-order valence-corrected chi connectivity index (χ2v) is 6.20. The molecule has 0 saturated heterocycles. The van der Waals surface area contributed by atoms with E-state index in [0.29, 0.717) is 0 Å². The van der Waals surface area contributed by atoms with Gasteiger partial charge in [-0.15, -0.1) is 11.3 Å². The SMILES string of the molecule is Cc1cc(C)cc(C(NN)c2cc(C)c(C)s2)c1. The number of benzene rings is 1. The van der Waals surface area contributed by atoms with E-state index in [-0.39, 0.29) is 6.04 Å². The van der Waals surface area contributed by atoms with Crippen molar-refractivity contribution in [3.05, 3.63) is 56.3 Å². The lowest BCUT2D eigenvalue weighted by Gasteiger charge is -2.16. The van der Waals surface area contributed by atoms with Crippen molar-refractivity contribution in [3.63, 3.8) is 0 Å². The predicted octanol–water partition coefficient (Wildman–Crippen LogP) is 3.53. The van der Waals surface area contributed by atoms with E-state index < -0.39 is 0 Å². The van der Waals surface area contributed by atoms with Crippen molar-refractivity contribution in [3.8, 4) is 0 Å². The molecule has 2 rings (SSSR count). The van der Waals surface area contributed by atoms with Gasteiger partial charge in [-0.05, 0) is 44.9 Å². The fraction of sp³-hybridized carbons (Fsp3) is 0.333. The molecule has 0 radical (unpaired) electrons. The predicted molar refractivity (Wildman–Crippen MR) is 78.9 cm³/mol. The van der Waals surface area contributed by atoms with E-state index >= 15 is 0 Å². The lowest BCUT2D eigenvalue weighted by Crippen LogP contribution is -2.28. The summed E-state index contributed by atoms with van der Waals surface area (Å²) in [4.78, 5) is 2.63. The number of hydrogen-bond acceptors (Lipinski definition) is 3. The number of aryl methyl sites for hydroxylation is 4. The van der Waals surface area contributed by atoms with Gasteiger partial charge in [0.15, 0.2) is 0 Å². The number of hydrogen-bond donors (Lipinski definition) is 2. The quantitative estimate of drug-likeness (QED) is 0.654. The maximum absolute atomic E-state index is 5.75. The van der Waals surface area contributed by atoms with E-state index in [9.17, 15) is 0 Å². The number of nitrogens with two attached hydrogens (primary N) is 1. The van der Waals surface area contributed by atoms with E-state index in [4.69, 9.17) is 5.84 Å². The van der Waals surface area contributed by atoms with Gasteiger partial charge in [-0.1, -0.05) is 29.3 Å². The maximum Gasteiger partial charge on any atom is 0.0802 e. The van der Waals surface area contributed by atoms with Crippen LogP contribution in [-0.2, 0) is 0 Å². The minimum atomic E-state index is 0.0843. The first-order chi connectivity index (χ1) is 8.51. The lowest BCUT2D eigenvalue weighted by molar-refractivity contribution is 0.645. The van der Waals surface area contributed by atoms with Gasteiger partial charge in [0, 0.05) is 9.75 Å². The van der Waals surface area contributed by atoms with Crippen molar-refractivity contribution in [1.29, 1.82) is 0 Å². The topological polar surface area (TPSA) is 38.0 Å². The standard InChI is InChI=1S/C15H20N2S/c1-9-5-10(2)7-13(6-9)15(17-16)14-8-11(3)12(4)18-14/h5-8,15,17H,16H2,1-4H3. The molecule has 0 saturated carbocycles. The Labute approximate surface area is 113 Å². The molecule has 2 aromatic rings. The number of hydrazine groups is 1. The van der Waals surface area contributed by atoms with Crippen LogP contribution in [-0.4, -0.2) is 0 Å². The van der Waals surface area contributed by atoms with Crippen LogP contribution in [0.15, 0.2) is 24.3 Å². The van der Waals surface area contributed by atoms with Crippen molar-refractivity contribution in [1.82, 2.24) is 5.43 Å². The number of thiophene rings is 1. The molecule has 1 atom stereocenters. The highest BCUT2D eigenvalue weighted by Crippen LogP contribution is 2.31. The second kappa shape index (κ2) is 5.22. The minimum absolute atomic E-state index is 0.0843. The fourth-order valence-corrected chi connectivity index (χ4v) is 3.39. The van der Waals surface area contributed by atoms with Crippen molar-refractivity contribution in [2.24, 2.45) is 5.84 Å². The van der Waals surface area contributed by atoms with E-state index in [1.807, 2.05) is 11.3 Å². The van der Waals surface area contributed by atoms with Gasteiger partial charge in [-0.25, -0.2) is 5.43 Å². The molecule has 0 aliphatic rings. The first-order valence-electron chi connectivity index (χ1n) is 6.12.